The maximum atomic E-state index is 12.9. The van der Waals surface area contributed by atoms with Crippen LogP contribution in [0, 0.1) is 6.92 Å². The first kappa shape index (κ1) is 17.2. The lowest BCUT2D eigenvalue weighted by Gasteiger charge is -2.52. The van der Waals surface area contributed by atoms with E-state index in [1.54, 1.807) is 7.11 Å². The SMILES string of the molecule is COc1ccc(C(=O)N2CCC3(CC2)CN(C)CCN3C)c(C)c1. The van der Waals surface area contributed by atoms with Gasteiger partial charge in [0, 0.05) is 43.8 Å². The van der Waals surface area contributed by atoms with Crippen LogP contribution in [-0.4, -0.2) is 80.1 Å². The van der Waals surface area contributed by atoms with Crippen LogP contribution in [0.5, 0.6) is 5.75 Å². The Morgan fingerprint density at radius 3 is 2.46 bits per heavy atom. The van der Waals surface area contributed by atoms with Gasteiger partial charge >= 0.3 is 0 Å². The summed E-state index contributed by atoms with van der Waals surface area (Å²) < 4.78 is 5.24. The lowest BCUT2D eigenvalue weighted by molar-refractivity contribution is -0.0157. The molecule has 0 aliphatic carbocycles. The number of ether oxygens (including phenoxy) is 1. The molecule has 0 unspecified atom stereocenters. The summed E-state index contributed by atoms with van der Waals surface area (Å²) in [5.41, 5.74) is 2.01. The monoisotopic (exact) mass is 331 g/mol. The Bertz CT molecular complexity index is 609. The maximum Gasteiger partial charge on any atom is 0.254 e. The topological polar surface area (TPSA) is 36.0 Å². The van der Waals surface area contributed by atoms with E-state index in [9.17, 15) is 4.79 Å². The van der Waals surface area contributed by atoms with Crippen LogP contribution in [0.4, 0.5) is 0 Å². The molecule has 2 fully saturated rings. The van der Waals surface area contributed by atoms with E-state index in [4.69, 9.17) is 4.74 Å². The zero-order valence-corrected chi connectivity index (χ0v) is 15.3. The second kappa shape index (κ2) is 6.73. The molecule has 0 bridgehead atoms. The first-order valence-corrected chi connectivity index (χ1v) is 8.79. The zero-order valence-electron chi connectivity index (χ0n) is 15.3. The predicted octanol–water partition coefficient (Wildman–Crippen LogP) is 1.86. The first-order chi connectivity index (χ1) is 11.4. The van der Waals surface area contributed by atoms with E-state index in [1.165, 1.54) is 0 Å². The van der Waals surface area contributed by atoms with E-state index >= 15 is 0 Å². The van der Waals surface area contributed by atoms with Crippen molar-refractivity contribution < 1.29 is 9.53 Å². The second-order valence-electron chi connectivity index (χ2n) is 7.36. The molecule has 0 aromatic heterocycles. The number of benzene rings is 1. The van der Waals surface area contributed by atoms with Gasteiger partial charge in [0.1, 0.15) is 5.75 Å². The largest absolute Gasteiger partial charge is 0.497 e. The van der Waals surface area contributed by atoms with Gasteiger partial charge in [0.2, 0.25) is 0 Å². The third-order valence-corrected chi connectivity index (χ3v) is 5.84. The van der Waals surface area contributed by atoms with Gasteiger partial charge in [-0.3, -0.25) is 9.69 Å². The summed E-state index contributed by atoms with van der Waals surface area (Å²) in [6.07, 6.45) is 2.10. The Labute approximate surface area is 145 Å². The summed E-state index contributed by atoms with van der Waals surface area (Å²) in [5.74, 6) is 0.949. The fraction of sp³-hybridized carbons (Fsp3) is 0.632. The van der Waals surface area contributed by atoms with Crippen LogP contribution >= 0.6 is 0 Å². The Kier molecular flexibility index (Phi) is 4.83. The molecule has 1 amide bonds. The average molecular weight is 331 g/mol. The van der Waals surface area contributed by atoms with Crippen LogP contribution in [0.25, 0.3) is 0 Å². The lowest BCUT2D eigenvalue weighted by atomic mass is 9.83. The highest BCUT2D eigenvalue weighted by atomic mass is 16.5. The third kappa shape index (κ3) is 3.15. The van der Waals surface area contributed by atoms with E-state index in [0.717, 1.165) is 62.4 Å². The number of aryl methyl sites for hydroxylation is 1. The summed E-state index contributed by atoms with van der Waals surface area (Å²) in [6, 6.07) is 5.69. The number of methoxy groups -OCH3 is 1. The summed E-state index contributed by atoms with van der Waals surface area (Å²) >= 11 is 0. The smallest absolute Gasteiger partial charge is 0.254 e. The van der Waals surface area contributed by atoms with Crippen molar-refractivity contribution in [2.75, 3.05) is 53.9 Å². The molecule has 132 valence electrons. The molecule has 1 aromatic rings. The van der Waals surface area contributed by atoms with E-state index in [1.807, 2.05) is 30.0 Å². The molecule has 3 rings (SSSR count). The molecular weight excluding hydrogens is 302 g/mol. The van der Waals surface area contributed by atoms with Crippen LogP contribution in [0.3, 0.4) is 0 Å². The summed E-state index contributed by atoms with van der Waals surface area (Å²) in [6.45, 7) is 7.00. The number of carbonyl (C=O) groups excluding carboxylic acids is 1. The molecule has 1 aromatic carbocycles. The molecule has 2 aliphatic heterocycles. The van der Waals surface area contributed by atoms with Gasteiger partial charge in [-0.05, 0) is 57.6 Å². The number of amides is 1. The van der Waals surface area contributed by atoms with Gasteiger partial charge in [0.15, 0.2) is 0 Å². The minimum atomic E-state index is 0.150. The quantitative estimate of drug-likeness (QED) is 0.829. The molecule has 1 spiro atoms. The minimum Gasteiger partial charge on any atom is -0.497 e. The van der Waals surface area contributed by atoms with Crippen LogP contribution in [0.2, 0.25) is 0 Å². The molecule has 0 radical (unpaired) electrons. The van der Waals surface area contributed by atoms with E-state index in [2.05, 4.69) is 23.9 Å². The molecule has 0 saturated carbocycles. The maximum absolute atomic E-state index is 12.9. The van der Waals surface area contributed by atoms with Gasteiger partial charge < -0.3 is 14.5 Å². The number of likely N-dealkylation sites (N-methyl/N-ethyl adjacent to an activating group) is 2. The first-order valence-electron chi connectivity index (χ1n) is 8.79. The molecular formula is C19H29N3O2. The van der Waals surface area contributed by atoms with Crippen molar-refractivity contribution in [3.63, 3.8) is 0 Å². The number of rotatable bonds is 2. The van der Waals surface area contributed by atoms with Crippen molar-refractivity contribution in [2.24, 2.45) is 0 Å². The number of carbonyl (C=O) groups is 1. The lowest BCUT2D eigenvalue weighted by Crippen LogP contribution is -2.64. The van der Waals surface area contributed by atoms with Gasteiger partial charge in [-0.2, -0.15) is 0 Å². The molecule has 2 saturated heterocycles. The Morgan fingerprint density at radius 1 is 1.12 bits per heavy atom. The number of nitrogens with zero attached hydrogens (tertiary/aromatic N) is 3. The third-order valence-electron chi connectivity index (χ3n) is 5.84. The molecule has 5 heteroatoms. The number of piperazine rings is 1. The van der Waals surface area contributed by atoms with Gasteiger partial charge in [0.05, 0.1) is 7.11 Å². The van der Waals surface area contributed by atoms with Crippen LogP contribution in [0.1, 0.15) is 28.8 Å². The zero-order chi connectivity index (χ0) is 17.3. The van der Waals surface area contributed by atoms with Gasteiger partial charge in [-0.1, -0.05) is 0 Å². The fourth-order valence-electron chi connectivity index (χ4n) is 4.10. The van der Waals surface area contributed by atoms with Gasteiger partial charge in [-0.25, -0.2) is 0 Å². The van der Waals surface area contributed by atoms with Crippen LogP contribution in [-0.2, 0) is 0 Å². The normalized spacial score (nSPS) is 21.9. The minimum absolute atomic E-state index is 0.150. The highest BCUT2D eigenvalue weighted by molar-refractivity contribution is 5.95. The van der Waals surface area contributed by atoms with Crippen molar-refractivity contribution in [2.45, 2.75) is 25.3 Å². The van der Waals surface area contributed by atoms with Crippen molar-refractivity contribution in [1.82, 2.24) is 14.7 Å². The van der Waals surface area contributed by atoms with E-state index in [0.29, 0.717) is 0 Å². The number of piperidine rings is 1. The Balaban J connectivity index is 1.69. The number of likely N-dealkylation sites (tertiary alicyclic amines) is 1. The van der Waals surface area contributed by atoms with Crippen LogP contribution in [0.15, 0.2) is 18.2 Å². The summed E-state index contributed by atoms with van der Waals surface area (Å²) in [4.78, 5) is 19.8. The molecule has 24 heavy (non-hydrogen) atoms. The van der Waals surface area contributed by atoms with Crippen molar-refractivity contribution >= 4 is 5.91 Å². The molecule has 2 aliphatic rings. The van der Waals surface area contributed by atoms with Crippen molar-refractivity contribution in [1.29, 1.82) is 0 Å². The van der Waals surface area contributed by atoms with E-state index < -0.39 is 0 Å². The Hall–Kier alpha value is -1.59. The average Bonchev–Trinajstić information content (AvgIpc) is 2.58. The van der Waals surface area contributed by atoms with Crippen LogP contribution < -0.4 is 4.74 Å². The molecule has 0 N–H and O–H groups in total. The number of hydrogen-bond donors (Lipinski definition) is 0. The molecule has 5 nitrogen and oxygen atoms in total. The Morgan fingerprint density at radius 2 is 1.83 bits per heavy atom. The highest BCUT2D eigenvalue weighted by Crippen LogP contribution is 2.32. The number of hydrogen-bond acceptors (Lipinski definition) is 4. The standard InChI is InChI=1S/C19H29N3O2/c1-15-13-16(24-4)5-6-17(15)18(23)22-9-7-19(8-10-22)14-20(2)11-12-21(19)3/h5-6,13H,7-12,14H2,1-4H3. The predicted molar refractivity (Wildman–Crippen MR) is 95.7 cm³/mol. The van der Waals surface area contributed by atoms with Crippen molar-refractivity contribution in [3.05, 3.63) is 29.3 Å². The van der Waals surface area contributed by atoms with Gasteiger partial charge in [-0.15, -0.1) is 0 Å². The summed E-state index contributed by atoms with van der Waals surface area (Å²) in [7, 11) is 6.09. The highest BCUT2D eigenvalue weighted by Gasteiger charge is 2.42. The molecule has 2 heterocycles. The fourth-order valence-corrected chi connectivity index (χ4v) is 4.10. The molecule has 0 atom stereocenters. The van der Waals surface area contributed by atoms with E-state index in [-0.39, 0.29) is 11.4 Å². The van der Waals surface area contributed by atoms with Gasteiger partial charge in [0.25, 0.3) is 5.91 Å². The summed E-state index contributed by atoms with van der Waals surface area (Å²) in [5, 5.41) is 0. The second-order valence-corrected chi connectivity index (χ2v) is 7.36. The van der Waals surface area contributed by atoms with Crippen molar-refractivity contribution in [3.8, 4) is 5.75 Å².